The molecule has 2 unspecified atom stereocenters. The number of nitrogens with one attached hydrogen (secondary N) is 3. The van der Waals surface area contributed by atoms with E-state index in [1.165, 1.54) is 11.3 Å². The van der Waals surface area contributed by atoms with E-state index in [2.05, 4.69) is 32.2 Å². The van der Waals surface area contributed by atoms with Gasteiger partial charge in [0.2, 0.25) is 16.9 Å². The normalized spacial score (nSPS) is 13.4. The van der Waals surface area contributed by atoms with Crippen LogP contribution in [0.15, 0.2) is 78.3 Å². The third kappa shape index (κ3) is 13.5. The lowest BCUT2D eigenvalue weighted by Gasteiger charge is -2.20. The van der Waals surface area contributed by atoms with Gasteiger partial charge in [-0.2, -0.15) is 0 Å². The first-order valence-electron chi connectivity index (χ1n) is 15.4. The minimum Gasteiger partial charge on any atom is -0.402 e. The number of aryl methyl sites for hydroxylation is 1. The van der Waals surface area contributed by atoms with E-state index in [1.54, 1.807) is 13.2 Å². The molecule has 3 rings (SSSR count). The molecule has 2 atom stereocenters. The fourth-order valence-electron chi connectivity index (χ4n) is 4.62. The summed E-state index contributed by atoms with van der Waals surface area (Å²) in [5.74, 6) is 0.710. The van der Waals surface area contributed by atoms with Gasteiger partial charge >= 0.3 is 0 Å². The van der Waals surface area contributed by atoms with Crippen LogP contribution in [0.4, 0.5) is 5.13 Å². The van der Waals surface area contributed by atoms with Crippen molar-refractivity contribution >= 4 is 28.3 Å². The number of unbranched alkanes of at least 4 members (excludes halogenated alkanes) is 1. The third-order valence-corrected chi connectivity index (χ3v) is 7.86. The molecule has 0 fully saturated rings. The molecule has 3 aromatic rings. The summed E-state index contributed by atoms with van der Waals surface area (Å²) in [6.07, 6.45) is 7.88. The molecule has 0 saturated heterocycles. The fourth-order valence-corrected chi connectivity index (χ4v) is 5.42. The number of methoxy groups -OCH3 is 1. The quantitative estimate of drug-likeness (QED) is 0.0735. The van der Waals surface area contributed by atoms with E-state index in [-0.39, 0.29) is 24.1 Å². The Bertz CT molecular complexity index is 1420. The first-order chi connectivity index (χ1) is 21.6. The van der Waals surface area contributed by atoms with Crippen molar-refractivity contribution in [1.82, 2.24) is 20.8 Å². The summed E-state index contributed by atoms with van der Waals surface area (Å²) in [5, 5.41) is 18.8. The van der Waals surface area contributed by atoms with E-state index >= 15 is 0 Å². The average molecular weight is 634 g/mol. The molecule has 0 bridgehead atoms. The van der Waals surface area contributed by atoms with Gasteiger partial charge in [0.1, 0.15) is 11.2 Å². The summed E-state index contributed by atoms with van der Waals surface area (Å²) in [5.41, 5.74) is 16.2. The molecule has 0 saturated carbocycles. The smallest absolute Gasteiger partial charge is 0.230 e. The van der Waals surface area contributed by atoms with Crippen LogP contribution in [0.1, 0.15) is 74.2 Å². The summed E-state index contributed by atoms with van der Waals surface area (Å²) >= 11 is 1.40. The van der Waals surface area contributed by atoms with Gasteiger partial charge in [0.25, 0.3) is 0 Å². The Hall–Kier alpha value is -4.22. The highest BCUT2D eigenvalue weighted by molar-refractivity contribution is 7.15. The monoisotopic (exact) mass is 633 g/mol. The maximum Gasteiger partial charge on any atom is 0.230 e. The molecule has 1 heterocycles. The van der Waals surface area contributed by atoms with E-state index in [4.69, 9.17) is 16.2 Å². The highest BCUT2D eigenvalue weighted by Crippen LogP contribution is 2.19. The number of ether oxygens (including phenoxy) is 1. The SMILES string of the molecule is COC(Cc1cccc(C(C)NC(=O)CC(C)C)c1)N/C(N)=C/C=C(\N)CCCCc1nnc(NC(=O)Cc2ccccc2)s1. The predicted molar refractivity (Wildman–Crippen MR) is 181 cm³/mol. The Morgan fingerprint density at radius 1 is 0.933 bits per heavy atom. The third-order valence-electron chi connectivity index (χ3n) is 6.96. The summed E-state index contributed by atoms with van der Waals surface area (Å²) in [7, 11) is 1.63. The molecule has 2 amide bonds. The number of nitrogens with two attached hydrogens (primary N) is 2. The number of amides is 2. The van der Waals surface area contributed by atoms with Crippen molar-refractivity contribution in [1.29, 1.82) is 0 Å². The van der Waals surface area contributed by atoms with Crippen LogP contribution in [0.2, 0.25) is 0 Å². The van der Waals surface area contributed by atoms with Crippen molar-refractivity contribution < 1.29 is 14.3 Å². The van der Waals surface area contributed by atoms with Gasteiger partial charge in [-0.25, -0.2) is 0 Å². The summed E-state index contributed by atoms with van der Waals surface area (Å²) in [6.45, 7) is 6.05. The Morgan fingerprint density at radius 3 is 2.42 bits per heavy atom. The predicted octanol–water partition coefficient (Wildman–Crippen LogP) is 5.10. The molecular weight excluding hydrogens is 586 g/mol. The minimum absolute atomic E-state index is 0.0528. The lowest BCUT2D eigenvalue weighted by atomic mass is 10.0. The van der Waals surface area contributed by atoms with Gasteiger partial charge < -0.3 is 32.2 Å². The molecule has 10 nitrogen and oxygen atoms in total. The van der Waals surface area contributed by atoms with Crippen molar-refractivity contribution in [3.05, 3.63) is 100.0 Å². The number of hydrogen-bond acceptors (Lipinski definition) is 9. The van der Waals surface area contributed by atoms with Crippen molar-refractivity contribution in [3.8, 4) is 0 Å². The second-order valence-corrected chi connectivity index (χ2v) is 12.5. The van der Waals surface area contributed by atoms with Crippen LogP contribution in [0, 0.1) is 5.92 Å². The number of carbonyl (C=O) groups excluding carboxylic acids is 2. The zero-order valence-corrected chi connectivity index (χ0v) is 27.5. The number of aromatic nitrogens is 2. The lowest BCUT2D eigenvalue weighted by molar-refractivity contribution is -0.122. The molecule has 11 heteroatoms. The van der Waals surface area contributed by atoms with Gasteiger partial charge in [-0.15, -0.1) is 10.2 Å². The number of anilines is 1. The zero-order chi connectivity index (χ0) is 32.6. The van der Waals surface area contributed by atoms with E-state index in [1.807, 2.05) is 75.4 Å². The van der Waals surface area contributed by atoms with Gasteiger partial charge in [0.15, 0.2) is 0 Å². The van der Waals surface area contributed by atoms with Gasteiger partial charge in [-0.1, -0.05) is 79.8 Å². The maximum atomic E-state index is 12.3. The van der Waals surface area contributed by atoms with Crippen LogP contribution >= 0.6 is 11.3 Å². The van der Waals surface area contributed by atoms with E-state index in [9.17, 15) is 9.59 Å². The number of hydrogen-bond donors (Lipinski definition) is 5. The first kappa shape index (κ1) is 35.3. The largest absolute Gasteiger partial charge is 0.402 e. The van der Waals surface area contributed by atoms with Gasteiger partial charge in [-0.3, -0.25) is 9.59 Å². The summed E-state index contributed by atoms with van der Waals surface area (Å²) < 4.78 is 5.62. The van der Waals surface area contributed by atoms with Crippen LogP contribution in [-0.2, 0) is 33.6 Å². The Balaban J connectivity index is 1.39. The summed E-state index contributed by atoms with van der Waals surface area (Å²) in [4.78, 5) is 24.4. The molecule has 0 aliphatic carbocycles. The molecule has 242 valence electrons. The minimum atomic E-state index is -0.336. The van der Waals surface area contributed by atoms with Crippen molar-refractivity contribution in [2.45, 2.75) is 78.0 Å². The molecule has 1 aromatic heterocycles. The van der Waals surface area contributed by atoms with Crippen LogP contribution in [0.25, 0.3) is 0 Å². The number of carbonyl (C=O) groups is 2. The Labute approximate surface area is 270 Å². The number of benzene rings is 2. The molecule has 7 N–H and O–H groups in total. The van der Waals surface area contributed by atoms with Crippen molar-refractivity contribution in [3.63, 3.8) is 0 Å². The summed E-state index contributed by atoms with van der Waals surface area (Å²) in [6, 6.07) is 17.6. The molecule has 0 radical (unpaired) electrons. The van der Waals surface area contributed by atoms with Crippen LogP contribution in [0.3, 0.4) is 0 Å². The molecular formula is C34H47N7O3S. The van der Waals surface area contributed by atoms with Crippen LogP contribution in [-0.4, -0.2) is 35.3 Å². The Kier molecular flexibility index (Phi) is 14.5. The van der Waals surface area contributed by atoms with Crippen molar-refractivity contribution in [2.75, 3.05) is 12.4 Å². The maximum absolute atomic E-state index is 12.3. The zero-order valence-electron chi connectivity index (χ0n) is 26.7. The van der Waals surface area contributed by atoms with E-state index in [0.29, 0.717) is 36.1 Å². The highest BCUT2D eigenvalue weighted by Gasteiger charge is 2.14. The number of nitrogens with zero attached hydrogens (tertiary/aromatic N) is 2. The van der Waals surface area contributed by atoms with Crippen LogP contribution in [0.5, 0.6) is 0 Å². The second-order valence-electron chi connectivity index (χ2n) is 11.5. The first-order valence-corrected chi connectivity index (χ1v) is 16.2. The highest BCUT2D eigenvalue weighted by atomic mass is 32.1. The standard InChI is InChI=1S/C34H47N7O3S/c1-23(2)19-30(42)37-24(3)27-14-10-13-26(20-27)22-32(44-4)38-29(36)18-17-28(35)15-8-9-16-33-40-41-34(45-33)39-31(43)21-25-11-6-5-7-12-25/h5-7,10-14,17-18,20,23-24,32,38H,8-9,15-16,19,21-22,35-36H2,1-4H3,(H,37,42)(H,39,41,43)/b28-17-,29-18+. The average Bonchev–Trinajstić information content (AvgIpc) is 3.44. The van der Waals surface area contributed by atoms with Gasteiger partial charge in [0.05, 0.1) is 18.3 Å². The topological polar surface area (TPSA) is 157 Å². The van der Waals surface area contributed by atoms with E-state index in [0.717, 1.165) is 53.1 Å². The fraction of sp³-hybridized carbons (Fsp3) is 0.412. The number of allylic oxidation sites excluding steroid dienone is 3. The van der Waals surface area contributed by atoms with Crippen molar-refractivity contribution in [2.24, 2.45) is 17.4 Å². The van der Waals surface area contributed by atoms with E-state index < -0.39 is 0 Å². The number of rotatable bonds is 18. The van der Waals surface area contributed by atoms with Gasteiger partial charge in [-0.05, 0) is 60.9 Å². The molecule has 0 aliphatic heterocycles. The Morgan fingerprint density at radius 2 is 1.69 bits per heavy atom. The molecule has 0 spiro atoms. The molecule has 0 aliphatic rings. The molecule has 45 heavy (non-hydrogen) atoms. The lowest BCUT2D eigenvalue weighted by Crippen LogP contribution is -2.35. The van der Waals surface area contributed by atoms with Gasteiger partial charge in [0, 0.05) is 32.1 Å². The van der Waals surface area contributed by atoms with Crippen LogP contribution < -0.4 is 27.4 Å². The molecule has 2 aromatic carbocycles. The second kappa shape index (κ2) is 18.6.